The van der Waals surface area contributed by atoms with Crippen LogP contribution in [0.3, 0.4) is 0 Å². The summed E-state index contributed by atoms with van der Waals surface area (Å²) in [5.41, 5.74) is 5.34. The highest BCUT2D eigenvalue weighted by Gasteiger charge is 2.29. The second kappa shape index (κ2) is 8.00. The number of halogens is 1. The smallest absolute Gasteiger partial charge is 0.240 e. The van der Waals surface area contributed by atoms with Gasteiger partial charge in [0.2, 0.25) is 5.91 Å². The monoisotopic (exact) mass is 276 g/mol. The molecule has 1 aliphatic rings. The van der Waals surface area contributed by atoms with Crippen LogP contribution in [0.4, 0.5) is 0 Å². The molecule has 4 heteroatoms. The Morgan fingerprint density at radius 2 is 2.00 bits per heavy atom. The lowest BCUT2D eigenvalue weighted by Gasteiger charge is -2.26. The third-order valence-electron chi connectivity index (χ3n) is 3.88. The fourth-order valence-corrected chi connectivity index (χ4v) is 2.61. The second-order valence-corrected chi connectivity index (χ2v) is 5.95. The van der Waals surface area contributed by atoms with E-state index in [2.05, 4.69) is 19.2 Å². The molecule has 0 aromatic heterocycles. The third kappa shape index (κ3) is 5.57. The predicted octanol–water partition coefficient (Wildman–Crippen LogP) is 3.01. The molecule has 3 N–H and O–H groups in total. The minimum absolute atomic E-state index is 0. The SMILES string of the molecule is CCCC(C)(N)C(=O)NC1CCCC(C)CC1.Cl. The molecule has 1 saturated carbocycles. The Bertz CT molecular complexity index is 256. The van der Waals surface area contributed by atoms with Crippen LogP contribution in [-0.4, -0.2) is 17.5 Å². The van der Waals surface area contributed by atoms with Gasteiger partial charge in [0.15, 0.2) is 0 Å². The van der Waals surface area contributed by atoms with Crippen molar-refractivity contribution < 1.29 is 4.79 Å². The number of rotatable bonds is 4. The third-order valence-corrected chi connectivity index (χ3v) is 3.88. The summed E-state index contributed by atoms with van der Waals surface area (Å²) in [6.07, 6.45) is 7.65. The minimum Gasteiger partial charge on any atom is -0.352 e. The molecule has 3 atom stereocenters. The van der Waals surface area contributed by atoms with Crippen molar-refractivity contribution in [2.45, 2.75) is 77.3 Å². The van der Waals surface area contributed by atoms with E-state index in [4.69, 9.17) is 5.73 Å². The van der Waals surface area contributed by atoms with Gasteiger partial charge in [-0.25, -0.2) is 0 Å². The Morgan fingerprint density at radius 3 is 2.61 bits per heavy atom. The number of hydrogen-bond donors (Lipinski definition) is 2. The quantitative estimate of drug-likeness (QED) is 0.776. The first-order valence-electron chi connectivity index (χ1n) is 7.05. The largest absolute Gasteiger partial charge is 0.352 e. The lowest BCUT2D eigenvalue weighted by Crippen LogP contribution is -2.54. The van der Waals surface area contributed by atoms with Gasteiger partial charge in [-0.05, 0) is 38.5 Å². The molecule has 1 aliphatic carbocycles. The van der Waals surface area contributed by atoms with E-state index in [1.54, 1.807) is 0 Å². The van der Waals surface area contributed by atoms with Crippen LogP contribution >= 0.6 is 12.4 Å². The van der Waals surface area contributed by atoms with E-state index in [1.807, 2.05) is 6.92 Å². The number of hydrogen-bond acceptors (Lipinski definition) is 2. The van der Waals surface area contributed by atoms with Gasteiger partial charge in [0, 0.05) is 6.04 Å². The summed E-state index contributed by atoms with van der Waals surface area (Å²) in [6.45, 7) is 6.20. The first kappa shape index (κ1) is 17.7. The normalized spacial score (nSPS) is 27.6. The molecule has 0 saturated heterocycles. The molecule has 0 radical (unpaired) electrons. The minimum atomic E-state index is -0.702. The fourth-order valence-electron chi connectivity index (χ4n) is 2.61. The fraction of sp³-hybridized carbons (Fsp3) is 0.929. The predicted molar refractivity (Wildman–Crippen MR) is 78.9 cm³/mol. The molecule has 18 heavy (non-hydrogen) atoms. The van der Waals surface area contributed by atoms with Crippen LogP contribution in [0.15, 0.2) is 0 Å². The summed E-state index contributed by atoms with van der Waals surface area (Å²) >= 11 is 0. The molecular formula is C14H29ClN2O. The van der Waals surface area contributed by atoms with E-state index in [0.717, 1.165) is 31.6 Å². The van der Waals surface area contributed by atoms with E-state index >= 15 is 0 Å². The van der Waals surface area contributed by atoms with Gasteiger partial charge in [-0.3, -0.25) is 4.79 Å². The maximum atomic E-state index is 12.1. The van der Waals surface area contributed by atoms with Crippen molar-refractivity contribution >= 4 is 18.3 Å². The van der Waals surface area contributed by atoms with Crippen LogP contribution in [0.1, 0.15) is 65.7 Å². The first-order chi connectivity index (χ1) is 7.95. The molecule has 0 aromatic rings. The van der Waals surface area contributed by atoms with E-state index < -0.39 is 5.54 Å². The second-order valence-electron chi connectivity index (χ2n) is 5.95. The molecule has 0 aromatic carbocycles. The van der Waals surface area contributed by atoms with E-state index in [1.165, 1.54) is 19.3 Å². The summed E-state index contributed by atoms with van der Waals surface area (Å²) in [5.74, 6) is 0.829. The summed E-state index contributed by atoms with van der Waals surface area (Å²) in [7, 11) is 0. The number of carbonyl (C=O) groups is 1. The van der Waals surface area contributed by atoms with Gasteiger partial charge in [0.25, 0.3) is 0 Å². The van der Waals surface area contributed by atoms with E-state index in [0.29, 0.717) is 6.04 Å². The molecule has 0 aliphatic heterocycles. The van der Waals surface area contributed by atoms with Gasteiger partial charge in [-0.15, -0.1) is 12.4 Å². The summed E-state index contributed by atoms with van der Waals surface area (Å²) in [5, 5.41) is 3.14. The Kier molecular flexibility index (Phi) is 7.88. The molecule has 3 unspecified atom stereocenters. The van der Waals surface area contributed by atoms with Crippen molar-refractivity contribution in [1.82, 2.24) is 5.32 Å². The van der Waals surface area contributed by atoms with Crippen LogP contribution in [0, 0.1) is 5.92 Å². The lowest BCUT2D eigenvalue weighted by atomic mass is 9.95. The van der Waals surface area contributed by atoms with Gasteiger partial charge < -0.3 is 11.1 Å². The molecule has 1 amide bonds. The average molecular weight is 277 g/mol. The average Bonchev–Trinajstić information content (AvgIpc) is 2.43. The van der Waals surface area contributed by atoms with Crippen LogP contribution in [0.2, 0.25) is 0 Å². The maximum Gasteiger partial charge on any atom is 0.240 e. The van der Waals surface area contributed by atoms with Crippen LogP contribution in [0.5, 0.6) is 0 Å². The van der Waals surface area contributed by atoms with Crippen molar-refractivity contribution in [1.29, 1.82) is 0 Å². The zero-order valence-electron chi connectivity index (χ0n) is 12.0. The summed E-state index contributed by atoms with van der Waals surface area (Å²) in [6, 6.07) is 0.340. The highest BCUT2D eigenvalue weighted by atomic mass is 35.5. The summed E-state index contributed by atoms with van der Waals surface area (Å²) in [4.78, 5) is 12.1. The molecule has 3 nitrogen and oxygen atoms in total. The zero-order chi connectivity index (χ0) is 12.9. The molecule has 0 bridgehead atoms. The maximum absolute atomic E-state index is 12.1. The summed E-state index contributed by atoms with van der Waals surface area (Å²) < 4.78 is 0. The molecule has 0 heterocycles. The van der Waals surface area contributed by atoms with Gasteiger partial charge in [-0.2, -0.15) is 0 Å². The Balaban J connectivity index is 0.00000289. The van der Waals surface area contributed by atoms with E-state index in [9.17, 15) is 4.79 Å². The molecule has 1 rings (SSSR count). The van der Waals surface area contributed by atoms with Crippen LogP contribution in [0.25, 0.3) is 0 Å². The van der Waals surface area contributed by atoms with Crippen LogP contribution < -0.4 is 11.1 Å². The highest BCUT2D eigenvalue weighted by Crippen LogP contribution is 2.23. The first-order valence-corrected chi connectivity index (χ1v) is 7.05. The molecule has 1 fully saturated rings. The van der Waals surface area contributed by atoms with Crippen LogP contribution in [-0.2, 0) is 4.79 Å². The van der Waals surface area contributed by atoms with Gasteiger partial charge in [-0.1, -0.05) is 33.1 Å². The Labute approximate surface area is 118 Å². The number of nitrogens with two attached hydrogens (primary N) is 1. The molecular weight excluding hydrogens is 248 g/mol. The zero-order valence-corrected chi connectivity index (χ0v) is 12.8. The van der Waals surface area contributed by atoms with Crippen molar-refractivity contribution in [2.24, 2.45) is 11.7 Å². The van der Waals surface area contributed by atoms with Gasteiger partial charge >= 0.3 is 0 Å². The van der Waals surface area contributed by atoms with Crippen molar-refractivity contribution in [3.05, 3.63) is 0 Å². The Hall–Kier alpha value is -0.280. The number of nitrogens with one attached hydrogen (secondary N) is 1. The number of amides is 1. The van der Waals surface area contributed by atoms with Crippen molar-refractivity contribution in [3.63, 3.8) is 0 Å². The molecule has 0 spiro atoms. The topological polar surface area (TPSA) is 55.1 Å². The van der Waals surface area contributed by atoms with E-state index in [-0.39, 0.29) is 18.3 Å². The Morgan fingerprint density at radius 1 is 1.33 bits per heavy atom. The van der Waals surface area contributed by atoms with Crippen molar-refractivity contribution in [3.8, 4) is 0 Å². The van der Waals surface area contributed by atoms with Crippen molar-refractivity contribution in [2.75, 3.05) is 0 Å². The lowest BCUT2D eigenvalue weighted by molar-refractivity contribution is -0.126. The molecule has 108 valence electrons. The highest BCUT2D eigenvalue weighted by molar-refractivity contribution is 5.86. The van der Waals surface area contributed by atoms with Gasteiger partial charge in [0.1, 0.15) is 0 Å². The number of carbonyl (C=O) groups excluding carboxylic acids is 1. The van der Waals surface area contributed by atoms with Gasteiger partial charge in [0.05, 0.1) is 5.54 Å². The standard InChI is InChI=1S/C14H28N2O.ClH/c1-4-10-14(3,15)13(17)16-12-7-5-6-11(2)8-9-12;/h11-12H,4-10,15H2,1-3H3,(H,16,17);1H.